The van der Waals surface area contributed by atoms with E-state index in [9.17, 15) is 0 Å². The summed E-state index contributed by atoms with van der Waals surface area (Å²) >= 11 is 0. The van der Waals surface area contributed by atoms with Crippen molar-refractivity contribution in [1.82, 2.24) is 0 Å². The molecule has 0 nitrogen and oxygen atoms in total. The third kappa shape index (κ3) is 7.17. The maximum absolute atomic E-state index is 3.22. The Labute approximate surface area is 225 Å². The monoisotopic (exact) mass is 478 g/mol. The summed E-state index contributed by atoms with van der Waals surface area (Å²) in [6.07, 6.45) is 0. The summed E-state index contributed by atoms with van der Waals surface area (Å²) in [6.45, 7) is 0. The topological polar surface area (TPSA) is 0 Å². The van der Waals surface area contributed by atoms with Gasteiger partial charge in [-0.2, -0.15) is 0 Å². The summed E-state index contributed by atoms with van der Waals surface area (Å²) < 4.78 is 0. The van der Waals surface area contributed by atoms with Crippen LogP contribution in [0.15, 0.2) is 133 Å². The van der Waals surface area contributed by atoms with Crippen molar-refractivity contribution < 1.29 is 0 Å². The van der Waals surface area contributed by atoms with Crippen LogP contribution in [-0.4, -0.2) is 0 Å². The van der Waals surface area contributed by atoms with Gasteiger partial charge in [0.2, 0.25) is 0 Å². The maximum Gasteiger partial charge on any atom is 0.0249 e. The van der Waals surface area contributed by atoms with E-state index < -0.39 is 0 Å². The van der Waals surface area contributed by atoms with Gasteiger partial charge in [0.05, 0.1) is 0 Å². The zero-order chi connectivity index (χ0) is 25.8. The smallest absolute Gasteiger partial charge is 0.0249 e. The molecule has 5 rings (SSSR count). The molecule has 5 aromatic rings. The third-order valence-electron chi connectivity index (χ3n) is 5.61. The van der Waals surface area contributed by atoms with Gasteiger partial charge in [0.15, 0.2) is 0 Å². The van der Waals surface area contributed by atoms with Gasteiger partial charge in [-0.05, 0) is 97.1 Å². The molecule has 0 N–H and O–H groups in total. The Balaban J connectivity index is 1.19. The van der Waals surface area contributed by atoms with Crippen molar-refractivity contribution in [3.8, 4) is 47.4 Å². The van der Waals surface area contributed by atoms with Crippen molar-refractivity contribution in [2.75, 3.05) is 0 Å². The minimum atomic E-state index is 0.949. The Bertz CT molecular complexity index is 1620. The molecule has 5 aromatic carbocycles. The van der Waals surface area contributed by atoms with Crippen LogP contribution in [0.2, 0.25) is 0 Å². The van der Waals surface area contributed by atoms with Gasteiger partial charge in [0.25, 0.3) is 0 Å². The van der Waals surface area contributed by atoms with Crippen LogP contribution in [0.3, 0.4) is 0 Å². The number of hydrogen-bond acceptors (Lipinski definition) is 0. The Morgan fingerprint density at radius 3 is 0.526 bits per heavy atom. The predicted octanol–water partition coefficient (Wildman–Crippen LogP) is 7.29. The van der Waals surface area contributed by atoms with Gasteiger partial charge in [0, 0.05) is 44.5 Å². The Morgan fingerprint density at radius 1 is 0.184 bits per heavy atom. The minimum Gasteiger partial charge on any atom is -0.0622 e. The first-order chi connectivity index (χ1) is 18.8. The molecule has 0 heteroatoms. The SMILES string of the molecule is C(#Cc1ccc(C#Cc2ccc(C#Cc3ccc(C#Cc4ccccc4)cc3)cc2)cc1)c1ccccc1. The molecule has 0 saturated carbocycles. The molecule has 0 unspecified atom stereocenters. The maximum atomic E-state index is 3.22. The van der Waals surface area contributed by atoms with Gasteiger partial charge in [-0.3, -0.25) is 0 Å². The van der Waals surface area contributed by atoms with E-state index in [1.54, 1.807) is 0 Å². The van der Waals surface area contributed by atoms with E-state index >= 15 is 0 Å². The second-order valence-corrected chi connectivity index (χ2v) is 8.46. The van der Waals surface area contributed by atoms with Crippen LogP contribution in [0.4, 0.5) is 0 Å². The summed E-state index contributed by atoms with van der Waals surface area (Å²) in [5, 5.41) is 0. The van der Waals surface area contributed by atoms with Crippen molar-refractivity contribution in [1.29, 1.82) is 0 Å². The van der Waals surface area contributed by atoms with Crippen LogP contribution in [-0.2, 0) is 0 Å². The number of rotatable bonds is 0. The normalized spacial score (nSPS) is 9.26. The van der Waals surface area contributed by atoms with Gasteiger partial charge in [-0.25, -0.2) is 0 Å². The molecule has 0 saturated heterocycles. The van der Waals surface area contributed by atoms with E-state index in [1.165, 1.54) is 0 Å². The average molecular weight is 479 g/mol. The molecular weight excluding hydrogens is 456 g/mol. The van der Waals surface area contributed by atoms with Gasteiger partial charge in [-0.15, -0.1) is 0 Å². The molecule has 174 valence electrons. The van der Waals surface area contributed by atoms with Crippen molar-refractivity contribution in [2.45, 2.75) is 0 Å². The van der Waals surface area contributed by atoms with Crippen LogP contribution in [0.25, 0.3) is 0 Å². The average Bonchev–Trinajstić information content (AvgIpc) is 2.99. The fourth-order valence-electron chi connectivity index (χ4n) is 3.53. The van der Waals surface area contributed by atoms with Crippen LogP contribution >= 0.6 is 0 Å². The van der Waals surface area contributed by atoms with E-state index in [1.807, 2.05) is 133 Å². The van der Waals surface area contributed by atoms with Crippen LogP contribution in [0, 0.1) is 47.4 Å². The van der Waals surface area contributed by atoms with Crippen molar-refractivity contribution in [3.63, 3.8) is 0 Å². The highest BCUT2D eigenvalue weighted by molar-refractivity contribution is 5.51. The highest BCUT2D eigenvalue weighted by atomic mass is 14.0. The number of benzene rings is 5. The van der Waals surface area contributed by atoms with E-state index in [0.29, 0.717) is 0 Å². The first-order valence-electron chi connectivity index (χ1n) is 12.3. The fraction of sp³-hybridized carbons (Fsp3) is 0. The van der Waals surface area contributed by atoms with E-state index in [2.05, 4.69) is 47.4 Å². The summed E-state index contributed by atoms with van der Waals surface area (Å²) in [6, 6.07) is 44.0. The van der Waals surface area contributed by atoms with E-state index in [4.69, 9.17) is 0 Å². The second-order valence-electron chi connectivity index (χ2n) is 8.46. The molecule has 0 heterocycles. The van der Waals surface area contributed by atoms with E-state index in [-0.39, 0.29) is 0 Å². The first-order valence-corrected chi connectivity index (χ1v) is 12.3. The molecule has 0 bridgehead atoms. The molecule has 0 aliphatic carbocycles. The van der Waals surface area contributed by atoms with Gasteiger partial charge in [-0.1, -0.05) is 83.8 Å². The standard InChI is InChI=1S/C38H22/c1-3-7-31(8-4-1)11-13-33-15-19-35(20-16-33)23-25-37-27-29-38(30-28-37)26-24-36-21-17-34(18-22-36)14-12-32-9-5-2-6-10-32/h1-10,15-22,27-30H. The van der Waals surface area contributed by atoms with Crippen molar-refractivity contribution >= 4 is 0 Å². The molecule has 38 heavy (non-hydrogen) atoms. The minimum absolute atomic E-state index is 0.949. The molecule has 0 amide bonds. The lowest BCUT2D eigenvalue weighted by molar-refractivity contribution is 1.57. The quantitative estimate of drug-likeness (QED) is 0.205. The lowest BCUT2D eigenvalue weighted by atomic mass is 10.1. The molecule has 0 aliphatic rings. The molecule has 0 spiro atoms. The molecule has 0 radical (unpaired) electrons. The summed E-state index contributed by atoms with van der Waals surface area (Å²) in [5.74, 6) is 25.6. The van der Waals surface area contributed by atoms with Crippen molar-refractivity contribution in [3.05, 3.63) is 178 Å². The largest absolute Gasteiger partial charge is 0.0622 e. The van der Waals surface area contributed by atoms with Crippen LogP contribution in [0.1, 0.15) is 44.5 Å². The third-order valence-corrected chi connectivity index (χ3v) is 5.61. The fourth-order valence-corrected chi connectivity index (χ4v) is 3.53. The molecule has 0 aliphatic heterocycles. The Morgan fingerprint density at radius 2 is 0.342 bits per heavy atom. The Kier molecular flexibility index (Phi) is 7.81. The van der Waals surface area contributed by atoms with Gasteiger partial charge >= 0.3 is 0 Å². The van der Waals surface area contributed by atoms with Crippen molar-refractivity contribution in [2.24, 2.45) is 0 Å². The summed E-state index contributed by atoms with van der Waals surface area (Å²) in [4.78, 5) is 0. The first kappa shape index (κ1) is 24.1. The molecular formula is C38H22. The van der Waals surface area contributed by atoms with E-state index in [0.717, 1.165) is 44.5 Å². The predicted molar refractivity (Wildman–Crippen MR) is 156 cm³/mol. The highest BCUT2D eigenvalue weighted by Crippen LogP contribution is 2.07. The lowest BCUT2D eigenvalue weighted by Gasteiger charge is -1.94. The van der Waals surface area contributed by atoms with Crippen LogP contribution < -0.4 is 0 Å². The number of hydrogen-bond donors (Lipinski definition) is 0. The van der Waals surface area contributed by atoms with Crippen LogP contribution in [0.5, 0.6) is 0 Å². The summed E-state index contributed by atoms with van der Waals surface area (Å²) in [5.41, 5.74) is 7.76. The zero-order valence-corrected chi connectivity index (χ0v) is 20.7. The van der Waals surface area contributed by atoms with Gasteiger partial charge < -0.3 is 0 Å². The van der Waals surface area contributed by atoms with Gasteiger partial charge in [0.1, 0.15) is 0 Å². The highest BCUT2D eigenvalue weighted by Gasteiger charge is 1.93. The Hall–Kier alpha value is -5.66. The molecule has 0 fully saturated rings. The summed E-state index contributed by atoms with van der Waals surface area (Å²) in [7, 11) is 0. The molecule has 0 atom stereocenters. The second kappa shape index (κ2) is 12.3. The molecule has 0 aromatic heterocycles. The lowest BCUT2D eigenvalue weighted by Crippen LogP contribution is -1.81. The zero-order valence-electron chi connectivity index (χ0n) is 20.7.